The summed E-state index contributed by atoms with van der Waals surface area (Å²) in [6, 6.07) is 54.1. The summed E-state index contributed by atoms with van der Waals surface area (Å²) in [4.78, 5) is 46.1. The van der Waals surface area contributed by atoms with E-state index in [9.17, 15) is 33.4 Å². The number of ether oxygens (including phenoxy) is 5. The largest absolute Gasteiger partial charge is 0.497 e. The number of benzene rings is 6. The standard InChI is InChI=1S/C49H41F2N3O6.C12H17F2N3O4/c1-57-40-27-23-36(24-28-40)47(34-15-7-3-8-16-34,35-17-9-4-10-18-35)53-43-31-32-54(46(56)52-43)45-49(50,51)44(42(33-55)59-45)60-48(37-19-11-5-12-20-37,38-21-13-6-14-22-38)39-25-29-41(58-2)30-26-39;1-2-3-6(18)8-9(19)12(13,14)10(21-8)17-5-4-7(15)16-11(17)20/h3-33,42,44-45H,1-2H3,(H,52,53,56);4-6,8-10,18-19H,2-3H2,1H3,(H2,15,16,20)/t42-,44-,45-;6?,8-,9-,10-/m11/s1. The Morgan fingerprint density at radius 3 is 1.53 bits per heavy atom. The van der Waals surface area contributed by atoms with E-state index in [-0.39, 0.29) is 24.3 Å². The molecule has 0 spiro atoms. The number of halogens is 4. The molecule has 420 valence electrons. The fraction of sp³-hybridized carbons (Fsp3) is 0.262. The zero-order chi connectivity index (χ0) is 57.5. The molecule has 6 aromatic carbocycles. The van der Waals surface area contributed by atoms with Crippen molar-refractivity contribution in [3.05, 3.63) is 249 Å². The number of carbonyl (C=O) groups excluding carboxylic acids is 1. The molecule has 0 radical (unpaired) electrons. The molecule has 16 nitrogen and oxygen atoms in total. The molecule has 0 bridgehead atoms. The SMILES string of the molecule is CCCC(O)[C@H]1O[C@@H](n2ccc(N)nc2=O)C(F)(F)[C@@H]1O.COc1ccc(C(Nc2ccn([C@@H]3O[C@H](C=O)[C@@H](OC(c4ccccc4)(c4ccccc4)c4ccc(OC)cc4)C3(F)F)c(=O)n2)(c2ccccc2)c2ccccc2)cc1. The number of alkyl halides is 4. The predicted octanol–water partition coefficient (Wildman–Crippen LogP) is 8.65. The van der Waals surface area contributed by atoms with Gasteiger partial charge in [0.1, 0.15) is 46.5 Å². The molecule has 7 atom stereocenters. The molecule has 10 rings (SSSR count). The lowest BCUT2D eigenvalue weighted by atomic mass is 9.77. The molecule has 0 saturated carbocycles. The lowest BCUT2D eigenvalue weighted by Crippen LogP contribution is -2.48. The van der Waals surface area contributed by atoms with Gasteiger partial charge in [-0.3, -0.25) is 9.13 Å². The van der Waals surface area contributed by atoms with Gasteiger partial charge in [0.15, 0.2) is 18.5 Å². The quantitative estimate of drug-likeness (QED) is 0.0360. The van der Waals surface area contributed by atoms with Crippen LogP contribution in [0.4, 0.5) is 29.2 Å². The average Bonchev–Trinajstić information content (AvgIpc) is 4.14. The van der Waals surface area contributed by atoms with Gasteiger partial charge in [-0.25, -0.2) is 9.59 Å². The number of anilines is 2. The van der Waals surface area contributed by atoms with E-state index in [2.05, 4.69) is 15.3 Å². The van der Waals surface area contributed by atoms with Gasteiger partial charge < -0.3 is 49.7 Å². The van der Waals surface area contributed by atoms with E-state index in [1.807, 2.05) is 97.1 Å². The number of aliphatic hydroxyl groups is 2. The molecule has 0 amide bonds. The Bertz CT molecular complexity index is 3420. The van der Waals surface area contributed by atoms with Crippen molar-refractivity contribution in [2.24, 2.45) is 0 Å². The third-order valence-corrected chi connectivity index (χ3v) is 14.3. The third kappa shape index (κ3) is 11.1. The van der Waals surface area contributed by atoms with E-state index in [1.165, 1.54) is 25.4 Å². The topological polar surface area (TPSA) is 212 Å². The smallest absolute Gasteiger partial charge is 0.351 e. The van der Waals surface area contributed by atoms with Crippen molar-refractivity contribution in [1.82, 2.24) is 19.1 Å². The minimum Gasteiger partial charge on any atom is -0.497 e. The van der Waals surface area contributed by atoms with Gasteiger partial charge in [0, 0.05) is 12.4 Å². The first-order valence-electron chi connectivity index (χ1n) is 25.8. The van der Waals surface area contributed by atoms with Crippen LogP contribution in [0.25, 0.3) is 0 Å². The average molecular weight is 1110 g/mol. The van der Waals surface area contributed by atoms with Crippen LogP contribution in [0.2, 0.25) is 0 Å². The van der Waals surface area contributed by atoms with Crippen LogP contribution < -0.4 is 31.9 Å². The molecule has 0 aliphatic carbocycles. The Hall–Kier alpha value is -8.53. The summed E-state index contributed by atoms with van der Waals surface area (Å²) in [6.45, 7) is 1.76. The highest BCUT2D eigenvalue weighted by Crippen LogP contribution is 2.51. The highest BCUT2D eigenvalue weighted by atomic mass is 19.3. The van der Waals surface area contributed by atoms with Crippen molar-refractivity contribution in [3.63, 3.8) is 0 Å². The molecule has 2 aliphatic rings. The summed E-state index contributed by atoms with van der Waals surface area (Å²) in [5.74, 6) is -6.48. The minimum atomic E-state index is -3.94. The summed E-state index contributed by atoms with van der Waals surface area (Å²) < 4.78 is 92.3. The molecule has 5 N–H and O–H groups in total. The monoisotopic (exact) mass is 1110 g/mol. The Kier molecular flexibility index (Phi) is 17.0. The highest BCUT2D eigenvalue weighted by molar-refractivity contribution is 5.60. The van der Waals surface area contributed by atoms with Crippen LogP contribution in [0.15, 0.2) is 204 Å². The number of methoxy groups -OCH3 is 2. The number of nitrogens with zero attached hydrogens (tertiary/aromatic N) is 4. The molecular formula is C61H58F4N6O10. The zero-order valence-electron chi connectivity index (χ0n) is 44.0. The molecule has 8 aromatic rings. The van der Waals surface area contributed by atoms with E-state index in [4.69, 9.17) is 29.4 Å². The van der Waals surface area contributed by atoms with Crippen LogP contribution in [0.1, 0.15) is 65.6 Å². The summed E-state index contributed by atoms with van der Waals surface area (Å²) >= 11 is 0. The number of aliphatic hydroxyl groups excluding tert-OH is 2. The van der Waals surface area contributed by atoms with Gasteiger partial charge in [-0.2, -0.15) is 27.5 Å². The van der Waals surface area contributed by atoms with E-state index in [1.54, 1.807) is 86.8 Å². The fourth-order valence-electron chi connectivity index (χ4n) is 10.3. The predicted molar refractivity (Wildman–Crippen MR) is 292 cm³/mol. The second-order valence-corrected chi connectivity index (χ2v) is 19.3. The molecule has 1 unspecified atom stereocenters. The minimum absolute atomic E-state index is 0.104. The van der Waals surface area contributed by atoms with Crippen LogP contribution in [-0.2, 0) is 30.1 Å². The van der Waals surface area contributed by atoms with Crippen LogP contribution in [0, 0.1) is 0 Å². The summed E-state index contributed by atoms with van der Waals surface area (Å²) in [7, 11) is 3.11. The first-order chi connectivity index (χ1) is 39.0. The maximum atomic E-state index is 17.2. The first kappa shape index (κ1) is 57.2. The Morgan fingerprint density at radius 2 is 1.07 bits per heavy atom. The van der Waals surface area contributed by atoms with Crippen molar-refractivity contribution >= 4 is 17.9 Å². The maximum absolute atomic E-state index is 17.2. The number of nitrogen functional groups attached to an aromatic ring is 1. The highest BCUT2D eigenvalue weighted by Gasteiger charge is 2.64. The second kappa shape index (κ2) is 24.1. The number of carbonyl (C=O) groups is 1. The second-order valence-electron chi connectivity index (χ2n) is 19.3. The van der Waals surface area contributed by atoms with Gasteiger partial charge >= 0.3 is 23.2 Å². The molecule has 2 fully saturated rings. The maximum Gasteiger partial charge on any atom is 0.351 e. The molecule has 81 heavy (non-hydrogen) atoms. The lowest BCUT2D eigenvalue weighted by molar-refractivity contribution is -0.180. The van der Waals surface area contributed by atoms with E-state index in [0.717, 1.165) is 22.9 Å². The fourth-order valence-corrected chi connectivity index (χ4v) is 10.3. The van der Waals surface area contributed by atoms with Crippen LogP contribution >= 0.6 is 0 Å². The molecule has 2 aliphatic heterocycles. The van der Waals surface area contributed by atoms with Crippen molar-refractivity contribution in [2.45, 2.75) is 85.7 Å². The van der Waals surface area contributed by atoms with Gasteiger partial charge in [-0.1, -0.05) is 159 Å². The number of aldehydes is 1. The Labute approximate surface area is 463 Å². The number of rotatable bonds is 18. The van der Waals surface area contributed by atoms with Gasteiger partial charge in [0.05, 0.1) is 20.3 Å². The summed E-state index contributed by atoms with van der Waals surface area (Å²) in [5, 5.41) is 23.0. The lowest BCUT2D eigenvalue weighted by Gasteiger charge is -2.39. The number of hydrogen-bond acceptors (Lipinski definition) is 14. The molecular weight excluding hydrogens is 1050 g/mol. The van der Waals surface area contributed by atoms with Crippen LogP contribution in [-0.4, -0.2) is 92.2 Å². The molecule has 4 heterocycles. The van der Waals surface area contributed by atoms with E-state index in [0.29, 0.717) is 43.7 Å². The molecule has 2 saturated heterocycles. The summed E-state index contributed by atoms with van der Waals surface area (Å²) in [5.41, 5.74) is 4.46. The van der Waals surface area contributed by atoms with E-state index < -0.39 is 77.3 Å². The molecule has 2 aromatic heterocycles. The van der Waals surface area contributed by atoms with Crippen molar-refractivity contribution in [3.8, 4) is 11.5 Å². The van der Waals surface area contributed by atoms with Crippen molar-refractivity contribution in [2.75, 3.05) is 25.3 Å². The Balaban J connectivity index is 0.000000317. The zero-order valence-corrected chi connectivity index (χ0v) is 44.0. The van der Waals surface area contributed by atoms with Crippen LogP contribution in [0.3, 0.4) is 0 Å². The van der Waals surface area contributed by atoms with Crippen LogP contribution in [0.5, 0.6) is 11.5 Å². The third-order valence-electron chi connectivity index (χ3n) is 14.3. The van der Waals surface area contributed by atoms with Crippen molar-refractivity contribution in [1.29, 1.82) is 0 Å². The number of nitrogens with one attached hydrogen (secondary N) is 1. The van der Waals surface area contributed by atoms with Crippen molar-refractivity contribution < 1.29 is 56.3 Å². The number of nitrogens with two attached hydrogens (primary N) is 1. The first-order valence-corrected chi connectivity index (χ1v) is 25.8. The summed E-state index contributed by atoms with van der Waals surface area (Å²) in [6.07, 6.45) is -9.94. The Morgan fingerprint density at radius 1 is 0.642 bits per heavy atom. The van der Waals surface area contributed by atoms with Gasteiger partial charge in [0.25, 0.3) is 0 Å². The number of hydrogen-bond donors (Lipinski definition) is 4. The van der Waals surface area contributed by atoms with Gasteiger partial charge in [-0.15, -0.1) is 0 Å². The normalized spacial score (nSPS) is 20.6. The van der Waals surface area contributed by atoms with E-state index >= 15 is 8.78 Å². The van der Waals surface area contributed by atoms with Gasteiger partial charge in [0.2, 0.25) is 12.5 Å². The number of aromatic nitrogens is 4. The van der Waals surface area contributed by atoms with Gasteiger partial charge in [-0.05, 0) is 76.2 Å². The molecule has 20 heteroatoms.